The number of unbranched alkanes of at least 4 members (excludes halogenated alkanes) is 1. The second-order valence-corrected chi connectivity index (χ2v) is 13.5. The number of thiazole rings is 1. The van der Waals surface area contributed by atoms with Crippen LogP contribution in [0.25, 0.3) is 5.65 Å². The van der Waals surface area contributed by atoms with Crippen molar-refractivity contribution in [1.82, 2.24) is 29.9 Å². The molecule has 0 unspecified atom stereocenters. The molecule has 0 radical (unpaired) electrons. The van der Waals surface area contributed by atoms with Crippen LogP contribution >= 0.6 is 22.9 Å². The Bertz CT molecular complexity index is 1610. The number of nitrogens with one attached hydrogen (secondary N) is 2. The van der Waals surface area contributed by atoms with Crippen LogP contribution in [0.15, 0.2) is 34.9 Å². The molecule has 0 bridgehead atoms. The summed E-state index contributed by atoms with van der Waals surface area (Å²) in [5, 5.41) is 18.3. The number of nitrogens with zero attached hydrogens (tertiary/aromatic N) is 5. The average molecular weight is 674 g/mol. The van der Waals surface area contributed by atoms with Gasteiger partial charge in [0.1, 0.15) is 33.5 Å². The summed E-state index contributed by atoms with van der Waals surface area (Å²) in [6.07, 6.45) is 3.95. The van der Waals surface area contributed by atoms with Gasteiger partial charge in [0, 0.05) is 56.7 Å². The second-order valence-electron chi connectivity index (χ2n) is 12.2. The number of rotatable bonds is 11. The smallest absolute Gasteiger partial charge is 0.413 e. The lowest BCUT2D eigenvalue weighted by Gasteiger charge is -2.21. The first kappa shape index (κ1) is 35.0. The number of aliphatic hydroxyl groups excluding tert-OH is 1. The molecule has 4 rings (SSSR count). The fraction of sp³-hybridized carbons (Fsp3) is 0.516. The summed E-state index contributed by atoms with van der Waals surface area (Å²) in [5.41, 5.74) is 0.387. The number of aliphatic imine (C=N–C) groups is 1. The molecule has 46 heavy (non-hydrogen) atoms. The minimum absolute atomic E-state index is 0.0227. The quantitative estimate of drug-likeness (QED) is 0.116. The van der Waals surface area contributed by atoms with E-state index in [0.29, 0.717) is 47.3 Å². The molecule has 1 aliphatic rings. The predicted molar refractivity (Wildman–Crippen MR) is 174 cm³/mol. The molecule has 0 saturated carbocycles. The third kappa shape index (κ3) is 9.33. The van der Waals surface area contributed by atoms with Crippen molar-refractivity contribution < 1.29 is 29.0 Å². The Morgan fingerprint density at radius 1 is 1.17 bits per heavy atom. The molecule has 0 aliphatic carbocycles. The molecular weight excluding hydrogens is 634 g/mol. The third-order valence-electron chi connectivity index (χ3n) is 7.31. The number of Topliss-reactive ketones (excluding diaryl/α,β-unsaturated/α-hetero) is 1. The normalized spacial score (nSPS) is 17.6. The zero-order valence-electron chi connectivity index (χ0n) is 26.6. The monoisotopic (exact) mass is 673 g/mol. The van der Waals surface area contributed by atoms with Gasteiger partial charge in [-0.15, -0.1) is 11.3 Å². The van der Waals surface area contributed by atoms with E-state index >= 15 is 0 Å². The van der Waals surface area contributed by atoms with E-state index < -0.39 is 29.8 Å². The maximum atomic E-state index is 13.4. The molecule has 1 fully saturated rings. The number of amides is 3. The topological polar surface area (TPSA) is 168 Å². The number of ketones is 1. The Kier molecular flexibility index (Phi) is 11.5. The number of imidazole rings is 1. The molecule has 3 atom stereocenters. The highest BCUT2D eigenvalue weighted by Gasteiger charge is 2.38. The average Bonchev–Trinajstić information content (AvgIpc) is 3.72. The zero-order valence-corrected chi connectivity index (χ0v) is 28.2. The van der Waals surface area contributed by atoms with Gasteiger partial charge in [0.15, 0.2) is 5.78 Å². The number of ether oxygens (including phenoxy) is 1. The predicted octanol–water partition coefficient (Wildman–Crippen LogP) is 4.44. The number of aromatic nitrogens is 3. The van der Waals surface area contributed by atoms with E-state index in [1.165, 1.54) is 23.3 Å². The van der Waals surface area contributed by atoms with Crippen LogP contribution < -0.4 is 10.6 Å². The first-order valence-electron chi connectivity index (χ1n) is 15.1. The standard InChI is InChI=1S/C31H40ClN7O6S/c1-18(35-30(44)45-31(2,3)4)34-11-7-6-8-19(27(42)33-5)12-25(41)23-17-46-28(37-23)24-13-21(40)15-39(24)29(43)22-16-38-14-20(32)9-10-26(38)36-22/h9-10,14,16-17,19,21,24,40H,6-8,11-13,15H2,1-5H3,(H,33,42)(H,34,35,44)/t19-,21+,24-/m1/s1. The largest absolute Gasteiger partial charge is 0.444 e. The number of fused-ring (bicyclic) bond motifs is 1. The Balaban J connectivity index is 1.34. The van der Waals surface area contributed by atoms with Gasteiger partial charge in [-0.1, -0.05) is 18.0 Å². The number of alkyl carbamates (subject to hydrolysis) is 1. The number of hydrogen-bond donors (Lipinski definition) is 3. The maximum Gasteiger partial charge on any atom is 0.413 e. The number of amidine groups is 1. The lowest BCUT2D eigenvalue weighted by atomic mass is 9.94. The summed E-state index contributed by atoms with van der Waals surface area (Å²) in [6.45, 7) is 7.56. The Labute approximate surface area is 276 Å². The number of hydrogen-bond acceptors (Lipinski definition) is 10. The molecule has 3 aromatic heterocycles. The molecule has 0 spiro atoms. The summed E-state index contributed by atoms with van der Waals surface area (Å²) in [7, 11) is 1.53. The third-order valence-corrected chi connectivity index (χ3v) is 8.48. The fourth-order valence-electron chi connectivity index (χ4n) is 5.15. The van der Waals surface area contributed by atoms with Crippen LogP contribution in [0.3, 0.4) is 0 Å². The van der Waals surface area contributed by atoms with E-state index in [2.05, 4.69) is 25.6 Å². The zero-order chi connectivity index (χ0) is 33.6. The van der Waals surface area contributed by atoms with Crippen LogP contribution in [-0.2, 0) is 9.53 Å². The van der Waals surface area contributed by atoms with Crippen LogP contribution in [0.5, 0.6) is 0 Å². The molecular formula is C31H40ClN7O6S. The van der Waals surface area contributed by atoms with Crippen molar-refractivity contribution in [2.75, 3.05) is 20.1 Å². The van der Waals surface area contributed by atoms with Crippen molar-refractivity contribution >= 4 is 58.1 Å². The molecule has 0 aromatic carbocycles. The van der Waals surface area contributed by atoms with Crippen molar-refractivity contribution in [3.05, 3.63) is 51.3 Å². The first-order chi connectivity index (χ1) is 21.7. The van der Waals surface area contributed by atoms with Crippen molar-refractivity contribution in [3.63, 3.8) is 0 Å². The molecule has 13 nitrogen and oxygen atoms in total. The van der Waals surface area contributed by atoms with E-state index in [0.717, 1.165) is 0 Å². The number of aliphatic hydroxyl groups is 1. The van der Waals surface area contributed by atoms with Gasteiger partial charge in [-0.3, -0.25) is 24.7 Å². The van der Waals surface area contributed by atoms with Crippen molar-refractivity contribution in [1.29, 1.82) is 0 Å². The van der Waals surface area contributed by atoms with Crippen LogP contribution in [0.2, 0.25) is 5.02 Å². The summed E-state index contributed by atoms with van der Waals surface area (Å²) < 4.78 is 6.88. The molecule has 3 N–H and O–H groups in total. The highest BCUT2D eigenvalue weighted by Crippen LogP contribution is 2.35. The van der Waals surface area contributed by atoms with Crippen LogP contribution in [0, 0.1) is 5.92 Å². The molecule has 248 valence electrons. The Morgan fingerprint density at radius 2 is 1.93 bits per heavy atom. The highest BCUT2D eigenvalue weighted by atomic mass is 35.5. The van der Waals surface area contributed by atoms with Gasteiger partial charge in [-0.05, 0) is 52.7 Å². The number of halogens is 1. The van der Waals surface area contributed by atoms with Gasteiger partial charge in [0.05, 0.1) is 17.2 Å². The number of likely N-dealkylation sites (tertiary alicyclic amines) is 1. The number of β-amino-alcohol motifs (C(OH)–C–C–N with tert-alkyl or cyclic N) is 1. The lowest BCUT2D eigenvalue weighted by Crippen LogP contribution is -2.35. The molecule has 1 saturated heterocycles. The van der Waals surface area contributed by atoms with E-state index in [1.807, 2.05) is 0 Å². The van der Waals surface area contributed by atoms with Crippen molar-refractivity contribution in [3.8, 4) is 0 Å². The molecule has 3 aromatic rings. The second kappa shape index (κ2) is 15.1. The summed E-state index contributed by atoms with van der Waals surface area (Å²) in [6, 6.07) is 2.88. The van der Waals surface area contributed by atoms with E-state index in [9.17, 15) is 24.3 Å². The summed E-state index contributed by atoms with van der Waals surface area (Å²) >= 11 is 7.31. The van der Waals surface area contributed by atoms with Gasteiger partial charge < -0.3 is 24.5 Å². The molecule has 3 amide bonds. The minimum atomic E-state index is -0.748. The van der Waals surface area contributed by atoms with E-state index in [4.69, 9.17) is 16.3 Å². The van der Waals surface area contributed by atoms with Gasteiger partial charge in [0.25, 0.3) is 5.91 Å². The Morgan fingerprint density at radius 3 is 2.65 bits per heavy atom. The fourth-order valence-corrected chi connectivity index (χ4v) is 6.27. The van der Waals surface area contributed by atoms with Crippen molar-refractivity contribution in [2.24, 2.45) is 10.9 Å². The number of carbonyl (C=O) groups excluding carboxylic acids is 4. The van der Waals surface area contributed by atoms with Crippen LogP contribution in [0.4, 0.5) is 4.79 Å². The van der Waals surface area contributed by atoms with Gasteiger partial charge in [-0.25, -0.2) is 14.8 Å². The lowest BCUT2D eigenvalue weighted by molar-refractivity contribution is -0.124. The van der Waals surface area contributed by atoms with E-state index in [1.54, 1.807) is 62.0 Å². The maximum absolute atomic E-state index is 13.4. The summed E-state index contributed by atoms with van der Waals surface area (Å²) in [5.74, 6) is -0.989. The van der Waals surface area contributed by atoms with Crippen LogP contribution in [0.1, 0.15) is 91.8 Å². The van der Waals surface area contributed by atoms with Crippen LogP contribution in [-0.4, -0.2) is 85.7 Å². The number of pyridine rings is 1. The molecule has 15 heteroatoms. The SMILES string of the molecule is CNC(=O)[C@H](CCCCN=C(C)NC(=O)OC(C)(C)C)CC(=O)c1csc([C@H]2C[C@H](O)CN2C(=O)c2cn3cc(Cl)ccc3n2)n1. The summed E-state index contributed by atoms with van der Waals surface area (Å²) in [4.78, 5) is 66.0. The van der Waals surface area contributed by atoms with Crippen molar-refractivity contribution in [2.45, 2.75) is 77.5 Å². The minimum Gasteiger partial charge on any atom is -0.444 e. The molecule has 1 aliphatic heterocycles. The highest BCUT2D eigenvalue weighted by molar-refractivity contribution is 7.10. The first-order valence-corrected chi connectivity index (χ1v) is 16.3. The number of carbonyl (C=O) groups is 4. The Hall–Kier alpha value is -3.88. The molecule has 4 heterocycles. The van der Waals surface area contributed by atoms with E-state index in [-0.39, 0.29) is 48.4 Å². The van der Waals surface area contributed by atoms with Gasteiger partial charge >= 0.3 is 6.09 Å². The van der Waals surface area contributed by atoms with Gasteiger partial charge in [-0.2, -0.15) is 0 Å². The van der Waals surface area contributed by atoms with Gasteiger partial charge in [0.2, 0.25) is 5.91 Å².